The van der Waals surface area contributed by atoms with Crippen LogP contribution in [-0.2, 0) is 17.8 Å². The minimum atomic E-state index is -0.469. The third-order valence-electron chi connectivity index (χ3n) is 5.98. The molecule has 39 heavy (non-hydrogen) atoms. The molecule has 0 aliphatic carbocycles. The van der Waals surface area contributed by atoms with Crippen LogP contribution in [0.4, 0.5) is 10.1 Å². The van der Waals surface area contributed by atoms with Crippen molar-refractivity contribution in [1.82, 2.24) is 10.3 Å². The van der Waals surface area contributed by atoms with E-state index in [1.807, 2.05) is 18.2 Å². The Morgan fingerprint density at radius 2 is 1.95 bits per heavy atom. The van der Waals surface area contributed by atoms with Gasteiger partial charge in [0.1, 0.15) is 23.1 Å². The second-order valence-electron chi connectivity index (χ2n) is 8.71. The number of aromatic nitrogens is 1. The average Bonchev–Trinajstić information content (AvgIpc) is 3.42. The highest BCUT2D eigenvalue weighted by molar-refractivity contribution is 6.02. The lowest BCUT2D eigenvalue weighted by Crippen LogP contribution is -2.38. The van der Waals surface area contributed by atoms with Gasteiger partial charge < -0.3 is 19.2 Å². The Labute approximate surface area is 223 Å². The van der Waals surface area contributed by atoms with Crippen LogP contribution in [0.15, 0.2) is 83.4 Å². The van der Waals surface area contributed by atoms with Crippen molar-refractivity contribution in [1.29, 1.82) is 0 Å². The fourth-order valence-corrected chi connectivity index (χ4v) is 4.02. The summed E-state index contributed by atoms with van der Waals surface area (Å²) in [5, 5.41) is 2.79. The van der Waals surface area contributed by atoms with Gasteiger partial charge in [0.15, 0.2) is 24.8 Å². The van der Waals surface area contributed by atoms with E-state index in [4.69, 9.17) is 13.9 Å². The molecule has 1 aliphatic rings. The second kappa shape index (κ2) is 11.6. The van der Waals surface area contributed by atoms with Crippen LogP contribution in [0.3, 0.4) is 0 Å². The van der Waals surface area contributed by atoms with Gasteiger partial charge in [-0.25, -0.2) is 4.39 Å². The van der Waals surface area contributed by atoms with E-state index in [0.717, 1.165) is 5.69 Å². The fourth-order valence-electron chi connectivity index (χ4n) is 4.02. The van der Waals surface area contributed by atoms with E-state index in [2.05, 4.69) is 10.3 Å². The van der Waals surface area contributed by atoms with Gasteiger partial charge in [-0.3, -0.25) is 24.3 Å². The molecule has 1 aliphatic heterocycles. The number of furan rings is 1. The molecule has 1 N–H and O–H groups in total. The molecule has 198 valence electrons. The number of pyridine rings is 1. The molecule has 0 bridgehead atoms. The van der Waals surface area contributed by atoms with Gasteiger partial charge in [0.05, 0.1) is 12.2 Å². The second-order valence-corrected chi connectivity index (χ2v) is 8.71. The Kier molecular flexibility index (Phi) is 7.63. The number of carbonyl (C=O) groups is 3. The summed E-state index contributed by atoms with van der Waals surface area (Å²) in [6, 6.07) is 19.0. The number of benzene rings is 2. The van der Waals surface area contributed by atoms with E-state index >= 15 is 0 Å². The first kappa shape index (κ1) is 25.7. The zero-order valence-corrected chi connectivity index (χ0v) is 20.8. The van der Waals surface area contributed by atoms with Crippen molar-refractivity contribution in [2.45, 2.75) is 13.0 Å². The minimum absolute atomic E-state index is 0.0356. The highest BCUT2D eigenvalue weighted by atomic mass is 19.1. The van der Waals surface area contributed by atoms with Crippen molar-refractivity contribution < 1.29 is 32.7 Å². The third kappa shape index (κ3) is 6.30. The van der Waals surface area contributed by atoms with Gasteiger partial charge in [0, 0.05) is 36.5 Å². The first-order valence-corrected chi connectivity index (χ1v) is 12.2. The highest BCUT2D eigenvalue weighted by Gasteiger charge is 2.28. The Morgan fingerprint density at radius 3 is 2.77 bits per heavy atom. The maximum Gasteiger partial charge on any atom is 0.287 e. The normalized spacial score (nSPS) is 12.4. The number of nitrogens with one attached hydrogen (secondary N) is 1. The largest absolute Gasteiger partial charge is 0.485 e. The molecule has 0 spiro atoms. The predicted molar refractivity (Wildman–Crippen MR) is 138 cm³/mol. The molecule has 3 heterocycles. The molecule has 2 aromatic carbocycles. The number of fused-ring (bicyclic) bond motifs is 1. The maximum atomic E-state index is 13.4. The molecule has 2 aromatic heterocycles. The first-order chi connectivity index (χ1) is 19.0. The summed E-state index contributed by atoms with van der Waals surface area (Å²) in [4.78, 5) is 43.7. The number of nitrogens with zero attached hydrogens (tertiary/aromatic N) is 2. The van der Waals surface area contributed by atoms with Gasteiger partial charge in [0.25, 0.3) is 11.8 Å². The molecule has 9 nitrogen and oxygen atoms in total. The Balaban J connectivity index is 1.24. The Bertz CT molecular complexity index is 1500. The molecule has 0 fully saturated rings. The van der Waals surface area contributed by atoms with E-state index in [0.29, 0.717) is 35.7 Å². The number of ketones is 1. The summed E-state index contributed by atoms with van der Waals surface area (Å²) in [5.74, 6) is -0.376. The van der Waals surface area contributed by atoms with Crippen LogP contribution in [0.5, 0.6) is 11.5 Å². The third-order valence-corrected chi connectivity index (χ3v) is 5.98. The summed E-state index contributed by atoms with van der Waals surface area (Å²) in [6.45, 7) is -0.0621. The predicted octanol–water partition coefficient (Wildman–Crippen LogP) is 3.97. The van der Waals surface area contributed by atoms with Gasteiger partial charge in [-0.2, -0.15) is 0 Å². The zero-order chi connectivity index (χ0) is 27.2. The first-order valence-electron chi connectivity index (χ1n) is 12.2. The van der Waals surface area contributed by atoms with Gasteiger partial charge in [-0.1, -0.05) is 12.1 Å². The monoisotopic (exact) mass is 529 g/mol. The van der Waals surface area contributed by atoms with Gasteiger partial charge in [0.2, 0.25) is 0 Å². The lowest BCUT2D eigenvalue weighted by Gasteiger charge is -2.29. The number of ether oxygens (including phenoxy) is 2. The molecule has 0 saturated heterocycles. The number of rotatable bonds is 10. The van der Waals surface area contributed by atoms with Crippen molar-refractivity contribution in [3.8, 4) is 11.5 Å². The smallest absolute Gasteiger partial charge is 0.287 e. The molecule has 2 amide bonds. The molecular formula is C29H24FN3O6. The highest BCUT2D eigenvalue weighted by Crippen LogP contribution is 2.34. The number of hydrogen-bond acceptors (Lipinski definition) is 7. The van der Waals surface area contributed by atoms with Crippen LogP contribution in [0, 0.1) is 5.82 Å². The molecule has 5 rings (SSSR count). The van der Waals surface area contributed by atoms with E-state index in [1.54, 1.807) is 36.5 Å². The molecular weight excluding hydrogens is 505 g/mol. The van der Waals surface area contributed by atoms with Crippen LogP contribution in [-0.4, -0.2) is 42.3 Å². The lowest BCUT2D eigenvalue weighted by atomic mass is 10.1. The van der Waals surface area contributed by atoms with Crippen LogP contribution < -0.4 is 19.7 Å². The van der Waals surface area contributed by atoms with Crippen LogP contribution in [0.2, 0.25) is 0 Å². The summed E-state index contributed by atoms with van der Waals surface area (Å²) < 4.78 is 30.0. The standard InChI is InChI=1S/C29H24FN3O6/c30-20-4-3-6-22(15-20)37-17-25(34)19-7-9-26-24(14-19)33(28(35)18-38-26)16-23-8-10-27(39-23)29(36)32-13-11-21-5-1-2-12-31-21/h1-10,12,14-15H,11,13,16-18H2,(H,32,36). The molecule has 0 unspecified atom stereocenters. The van der Waals surface area contributed by atoms with Crippen molar-refractivity contribution in [3.63, 3.8) is 0 Å². The van der Waals surface area contributed by atoms with E-state index in [9.17, 15) is 18.8 Å². The number of Topliss-reactive ketones (excluding diaryl/α,β-unsaturated/α-hetero) is 1. The SMILES string of the molecule is O=C(COc1cccc(F)c1)c1ccc2c(c1)N(Cc1ccc(C(=O)NCCc3ccccn3)o1)C(=O)CO2. The number of hydrogen-bond donors (Lipinski definition) is 1. The summed E-state index contributed by atoms with van der Waals surface area (Å²) in [5.41, 5.74) is 1.54. The molecule has 0 saturated carbocycles. The zero-order valence-electron chi connectivity index (χ0n) is 20.8. The number of halogens is 1. The lowest BCUT2D eigenvalue weighted by molar-refractivity contribution is -0.121. The Morgan fingerprint density at radius 1 is 1.05 bits per heavy atom. The van der Waals surface area contributed by atoms with E-state index in [1.165, 1.54) is 29.2 Å². The van der Waals surface area contributed by atoms with Crippen molar-refractivity contribution in [2.24, 2.45) is 0 Å². The summed E-state index contributed by atoms with van der Waals surface area (Å²) >= 11 is 0. The molecule has 0 radical (unpaired) electrons. The average molecular weight is 530 g/mol. The van der Waals surface area contributed by atoms with E-state index < -0.39 is 5.82 Å². The van der Waals surface area contributed by atoms with Crippen LogP contribution >= 0.6 is 0 Å². The van der Waals surface area contributed by atoms with E-state index in [-0.39, 0.29) is 48.9 Å². The molecule has 0 atom stereocenters. The fraction of sp³-hybridized carbons (Fsp3) is 0.172. The summed E-state index contributed by atoms with van der Waals surface area (Å²) in [6.07, 6.45) is 2.27. The van der Waals surface area contributed by atoms with Crippen LogP contribution in [0.1, 0.15) is 32.4 Å². The quantitative estimate of drug-likeness (QED) is 0.310. The topological polar surface area (TPSA) is 111 Å². The van der Waals surface area contributed by atoms with Crippen LogP contribution in [0.25, 0.3) is 0 Å². The van der Waals surface area contributed by atoms with Crippen molar-refractivity contribution in [2.75, 3.05) is 24.7 Å². The number of amides is 2. The maximum absolute atomic E-state index is 13.4. The summed E-state index contributed by atoms with van der Waals surface area (Å²) in [7, 11) is 0. The number of carbonyl (C=O) groups excluding carboxylic acids is 3. The van der Waals surface area contributed by atoms with Gasteiger partial charge in [-0.15, -0.1) is 0 Å². The number of anilines is 1. The van der Waals surface area contributed by atoms with Crippen molar-refractivity contribution >= 4 is 23.3 Å². The van der Waals surface area contributed by atoms with Gasteiger partial charge in [-0.05, 0) is 54.6 Å². The minimum Gasteiger partial charge on any atom is -0.485 e. The van der Waals surface area contributed by atoms with Gasteiger partial charge >= 0.3 is 0 Å². The molecule has 10 heteroatoms. The van der Waals surface area contributed by atoms with Crippen molar-refractivity contribution in [3.05, 3.63) is 108 Å². The molecule has 4 aromatic rings. The Hall–Kier alpha value is -4.99.